The summed E-state index contributed by atoms with van der Waals surface area (Å²) in [6.07, 6.45) is 12.1. The van der Waals surface area contributed by atoms with Crippen molar-refractivity contribution in [1.29, 1.82) is 0 Å². The van der Waals surface area contributed by atoms with Gasteiger partial charge in [-0.1, -0.05) is 26.2 Å². The Morgan fingerprint density at radius 1 is 1.10 bits per heavy atom. The Hall–Kier alpha value is -1.32. The first-order valence-corrected chi connectivity index (χ1v) is 8.66. The van der Waals surface area contributed by atoms with Crippen LogP contribution in [-0.4, -0.2) is 22.6 Å². The van der Waals surface area contributed by atoms with Gasteiger partial charge in [0.15, 0.2) is 0 Å². The third-order valence-electron chi connectivity index (χ3n) is 4.59. The van der Waals surface area contributed by atoms with Gasteiger partial charge < -0.3 is 10.1 Å². The average Bonchev–Trinajstić information content (AvgIpc) is 3.01. The van der Waals surface area contributed by atoms with Crippen LogP contribution in [-0.2, 0) is 12.8 Å². The van der Waals surface area contributed by atoms with E-state index < -0.39 is 0 Å². The summed E-state index contributed by atoms with van der Waals surface area (Å²) in [5.74, 6) is 1.05. The normalized spacial score (nSPS) is 18.5. The Balaban J connectivity index is 1.78. The van der Waals surface area contributed by atoms with Gasteiger partial charge >= 0.3 is 6.01 Å². The van der Waals surface area contributed by atoms with Crippen molar-refractivity contribution >= 4 is 5.82 Å². The number of rotatable bonds is 6. The predicted octanol–water partition coefficient (Wildman–Crippen LogP) is 3.89. The Morgan fingerprint density at radius 3 is 2.71 bits per heavy atom. The Labute approximate surface area is 127 Å². The lowest BCUT2D eigenvalue weighted by atomic mass is 9.96. The van der Waals surface area contributed by atoms with Gasteiger partial charge in [-0.3, -0.25) is 0 Å². The lowest BCUT2D eigenvalue weighted by Crippen LogP contribution is -2.20. The van der Waals surface area contributed by atoms with Crippen molar-refractivity contribution in [2.75, 3.05) is 11.9 Å². The van der Waals surface area contributed by atoms with E-state index in [4.69, 9.17) is 4.74 Å². The molecule has 1 aromatic rings. The summed E-state index contributed by atoms with van der Waals surface area (Å²) in [7, 11) is 0. The quantitative estimate of drug-likeness (QED) is 0.807. The van der Waals surface area contributed by atoms with Gasteiger partial charge in [0, 0.05) is 11.6 Å². The maximum absolute atomic E-state index is 5.76. The second-order valence-electron chi connectivity index (χ2n) is 6.31. The molecule has 1 fully saturated rings. The van der Waals surface area contributed by atoms with Gasteiger partial charge in [0.2, 0.25) is 0 Å². The van der Waals surface area contributed by atoms with Crippen LogP contribution in [0.2, 0.25) is 0 Å². The molecule has 0 amide bonds. The zero-order valence-electron chi connectivity index (χ0n) is 13.2. The molecular weight excluding hydrogens is 262 g/mol. The molecule has 1 N–H and O–H groups in total. The van der Waals surface area contributed by atoms with Gasteiger partial charge in [0.05, 0.1) is 12.3 Å². The van der Waals surface area contributed by atoms with Crippen LogP contribution in [0.15, 0.2) is 0 Å². The molecular formula is C17H27N3O. The predicted molar refractivity (Wildman–Crippen MR) is 85.0 cm³/mol. The van der Waals surface area contributed by atoms with Crippen LogP contribution in [0, 0.1) is 0 Å². The average molecular weight is 289 g/mol. The molecule has 3 rings (SSSR count). The molecule has 2 aliphatic rings. The first-order valence-electron chi connectivity index (χ1n) is 8.66. The molecule has 0 aromatic carbocycles. The molecule has 0 atom stereocenters. The zero-order valence-corrected chi connectivity index (χ0v) is 13.2. The number of ether oxygens (including phenoxy) is 1. The van der Waals surface area contributed by atoms with E-state index in [1.807, 2.05) is 0 Å². The standard InChI is InChI=1S/C17H27N3O/c1-2-3-12-21-17-19-15-11-7-6-10-14(15)16(20-17)18-13-8-4-5-9-13/h13H,2-12H2,1H3,(H,18,19,20). The minimum absolute atomic E-state index is 0.574. The molecule has 0 saturated heterocycles. The SMILES string of the molecule is CCCCOc1nc2c(c(NC3CCCC3)n1)CCCC2. The number of unbranched alkanes of at least 4 members (excludes halogenated alkanes) is 1. The van der Waals surface area contributed by atoms with E-state index in [9.17, 15) is 0 Å². The first-order chi connectivity index (χ1) is 10.4. The highest BCUT2D eigenvalue weighted by Crippen LogP contribution is 2.30. The van der Waals surface area contributed by atoms with Crippen molar-refractivity contribution in [1.82, 2.24) is 9.97 Å². The molecule has 1 saturated carbocycles. The minimum atomic E-state index is 0.574. The van der Waals surface area contributed by atoms with E-state index >= 15 is 0 Å². The number of hydrogen-bond donors (Lipinski definition) is 1. The van der Waals surface area contributed by atoms with Crippen LogP contribution < -0.4 is 10.1 Å². The maximum Gasteiger partial charge on any atom is 0.318 e. The molecule has 1 aromatic heterocycles. The summed E-state index contributed by atoms with van der Waals surface area (Å²) in [6.45, 7) is 2.89. The molecule has 4 heteroatoms. The summed E-state index contributed by atoms with van der Waals surface area (Å²) in [6, 6.07) is 1.17. The number of nitrogens with zero attached hydrogens (tertiary/aromatic N) is 2. The van der Waals surface area contributed by atoms with Crippen LogP contribution in [0.1, 0.15) is 69.5 Å². The second-order valence-corrected chi connectivity index (χ2v) is 6.31. The number of aryl methyl sites for hydroxylation is 1. The molecule has 116 valence electrons. The highest BCUT2D eigenvalue weighted by Gasteiger charge is 2.22. The lowest BCUT2D eigenvalue weighted by Gasteiger charge is -2.22. The van der Waals surface area contributed by atoms with Crippen molar-refractivity contribution in [3.05, 3.63) is 11.3 Å². The van der Waals surface area contributed by atoms with Crippen LogP contribution in [0.4, 0.5) is 5.82 Å². The van der Waals surface area contributed by atoms with Crippen molar-refractivity contribution in [2.45, 2.75) is 77.2 Å². The topological polar surface area (TPSA) is 47.0 Å². The molecule has 4 nitrogen and oxygen atoms in total. The summed E-state index contributed by atoms with van der Waals surface area (Å²) in [5.41, 5.74) is 2.55. The van der Waals surface area contributed by atoms with Crippen LogP contribution in [0.5, 0.6) is 6.01 Å². The van der Waals surface area contributed by atoms with Gasteiger partial charge in [-0.05, 0) is 44.9 Å². The summed E-state index contributed by atoms with van der Waals surface area (Å²) in [4.78, 5) is 9.32. The van der Waals surface area contributed by atoms with Crippen LogP contribution in [0.3, 0.4) is 0 Å². The maximum atomic E-state index is 5.76. The van der Waals surface area contributed by atoms with Gasteiger partial charge in [-0.15, -0.1) is 0 Å². The third kappa shape index (κ3) is 3.66. The zero-order chi connectivity index (χ0) is 14.5. The van der Waals surface area contributed by atoms with Gasteiger partial charge in [0.1, 0.15) is 5.82 Å². The van der Waals surface area contributed by atoms with E-state index in [1.165, 1.54) is 49.8 Å². The molecule has 0 radical (unpaired) electrons. The van der Waals surface area contributed by atoms with Gasteiger partial charge in [-0.25, -0.2) is 0 Å². The smallest absolute Gasteiger partial charge is 0.318 e. The molecule has 0 spiro atoms. The van der Waals surface area contributed by atoms with E-state index in [0.717, 1.165) is 38.1 Å². The fourth-order valence-electron chi connectivity index (χ4n) is 3.33. The van der Waals surface area contributed by atoms with Gasteiger partial charge in [0.25, 0.3) is 0 Å². The molecule has 0 bridgehead atoms. The third-order valence-corrected chi connectivity index (χ3v) is 4.59. The largest absolute Gasteiger partial charge is 0.463 e. The minimum Gasteiger partial charge on any atom is -0.463 e. The molecule has 1 heterocycles. The van der Waals surface area contributed by atoms with Crippen molar-refractivity contribution < 1.29 is 4.74 Å². The number of anilines is 1. The molecule has 0 unspecified atom stereocenters. The summed E-state index contributed by atoms with van der Waals surface area (Å²) >= 11 is 0. The van der Waals surface area contributed by atoms with E-state index in [0.29, 0.717) is 12.1 Å². The van der Waals surface area contributed by atoms with E-state index in [-0.39, 0.29) is 0 Å². The summed E-state index contributed by atoms with van der Waals surface area (Å²) < 4.78 is 5.76. The summed E-state index contributed by atoms with van der Waals surface area (Å²) in [5, 5.41) is 3.67. The molecule has 2 aliphatic carbocycles. The van der Waals surface area contributed by atoms with Crippen LogP contribution >= 0.6 is 0 Å². The highest BCUT2D eigenvalue weighted by atomic mass is 16.5. The Kier molecular flexibility index (Phi) is 4.94. The van der Waals surface area contributed by atoms with Crippen molar-refractivity contribution in [3.8, 4) is 6.01 Å². The monoisotopic (exact) mass is 289 g/mol. The van der Waals surface area contributed by atoms with E-state index in [1.54, 1.807) is 0 Å². The Bertz CT molecular complexity index is 469. The fourth-order valence-corrected chi connectivity index (χ4v) is 3.33. The first kappa shape index (κ1) is 14.6. The number of hydrogen-bond acceptors (Lipinski definition) is 4. The molecule has 21 heavy (non-hydrogen) atoms. The van der Waals surface area contributed by atoms with Crippen LogP contribution in [0.25, 0.3) is 0 Å². The van der Waals surface area contributed by atoms with Crippen molar-refractivity contribution in [3.63, 3.8) is 0 Å². The highest BCUT2D eigenvalue weighted by molar-refractivity contribution is 5.49. The second kappa shape index (κ2) is 7.10. The van der Waals surface area contributed by atoms with Crippen molar-refractivity contribution in [2.24, 2.45) is 0 Å². The molecule has 0 aliphatic heterocycles. The number of nitrogens with one attached hydrogen (secondary N) is 1. The lowest BCUT2D eigenvalue weighted by molar-refractivity contribution is 0.284. The fraction of sp³-hybridized carbons (Fsp3) is 0.765. The number of aromatic nitrogens is 2. The Morgan fingerprint density at radius 2 is 1.90 bits per heavy atom. The van der Waals surface area contributed by atoms with E-state index in [2.05, 4.69) is 22.2 Å². The number of fused-ring (bicyclic) bond motifs is 1. The van der Waals surface area contributed by atoms with Gasteiger partial charge in [-0.2, -0.15) is 9.97 Å².